The molecule has 0 radical (unpaired) electrons. The van der Waals surface area contributed by atoms with Crippen LogP contribution in [0.15, 0.2) is 218 Å². The van der Waals surface area contributed by atoms with Crippen molar-refractivity contribution >= 4 is 54.1 Å². The highest BCUT2D eigenvalue weighted by atomic mass is 15.0. The van der Waals surface area contributed by atoms with E-state index in [0.29, 0.717) is 0 Å². The van der Waals surface area contributed by atoms with Crippen molar-refractivity contribution in [1.82, 2.24) is 9.55 Å². The van der Waals surface area contributed by atoms with Crippen LogP contribution < -0.4 is 0 Å². The summed E-state index contributed by atoms with van der Waals surface area (Å²) in [5.41, 5.74) is 18.6. The van der Waals surface area contributed by atoms with Gasteiger partial charge in [-0.3, -0.25) is 0 Å². The Labute approximate surface area is 378 Å². The lowest BCUT2D eigenvalue weighted by atomic mass is 9.72. The van der Waals surface area contributed by atoms with Crippen LogP contribution in [-0.2, 0) is 13.0 Å². The molecule has 0 amide bonds. The van der Waals surface area contributed by atoms with E-state index >= 15 is 0 Å². The van der Waals surface area contributed by atoms with Gasteiger partial charge < -0.3 is 4.57 Å². The molecule has 2 aromatic heterocycles. The van der Waals surface area contributed by atoms with E-state index < -0.39 is 0 Å². The zero-order valence-corrected chi connectivity index (χ0v) is 36.2. The van der Waals surface area contributed by atoms with Gasteiger partial charge >= 0.3 is 0 Å². The largest absolute Gasteiger partial charge is 0.335 e. The third-order valence-electron chi connectivity index (χ3n) is 14.2. The topological polar surface area (TPSA) is 17.8 Å². The molecule has 10 aromatic carbocycles. The minimum atomic E-state index is 0.148. The molecule has 1 aliphatic rings. The highest BCUT2D eigenvalue weighted by Gasteiger charge is 2.30. The zero-order chi connectivity index (χ0) is 43.0. The quantitative estimate of drug-likeness (QED) is 0.163. The van der Waals surface area contributed by atoms with E-state index in [1.54, 1.807) is 0 Å². The molecule has 12 aromatic rings. The molecular formula is C63H44N2. The van der Waals surface area contributed by atoms with Gasteiger partial charge in [-0.1, -0.05) is 200 Å². The van der Waals surface area contributed by atoms with Crippen LogP contribution in [0.5, 0.6) is 0 Å². The van der Waals surface area contributed by atoms with Crippen LogP contribution in [0.2, 0.25) is 0 Å². The van der Waals surface area contributed by atoms with E-state index in [1.165, 1.54) is 104 Å². The smallest absolute Gasteiger partial charge is 0.0744 e. The third-order valence-corrected chi connectivity index (χ3v) is 14.2. The van der Waals surface area contributed by atoms with Gasteiger partial charge in [0, 0.05) is 45.3 Å². The molecule has 0 aliphatic heterocycles. The molecule has 1 aliphatic carbocycles. The Bertz CT molecular complexity index is 3840. The first-order valence-electron chi connectivity index (χ1n) is 22.8. The molecule has 2 nitrogen and oxygen atoms in total. The number of pyridine rings is 1. The van der Waals surface area contributed by atoms with Gasteiger partial charge in [0.2, 0.25) is 0 Å². The molecule has 1 unspecified atom stereocenters. The number of benzene rings is 10. The molecule has 0 spiro atoms. The predicted molar refractivity (Wildman–Crippen MR) is 274 cm³/mol. The standard InChI is InChI=1S/C63H44N2/c1-40-56(38-59(42-18-4-2-5-19-42)64-62(40)43-20-6-3-7-21-43)51-33-34-52(50-27-13-12-26-49(50)51)58-37-47-35-44-22-8-9-23-45(44)36-57(47)61-46(24-16-29-54(58)61)39-65-60-30-15-14-28-53(60)55-32-31-41-17-10-11-25-48(41)63(55)65/h2-36,38,58H,37,39H2,1H3. The molecular weight excluding hydrogens is 785 g/mol. The summed E-state index contributed by atoms with van der Waals surface area (Å²) in [7, 11) is 0. The van der Waals surface area contributed by atoms with Gasteiger partial charge in [0.25, 0.3) is 0 Å². The molecule has 1 atom stereocenters. The number of hydrogen-bond donors (Lipinski definition) is 0. The molecule has 0 saturated carbocycles. The van der Waals surface area contributed by atoms with Gasteiger partial charge in [0.1, 0.15) is 0 Å². The summed E-state index contributed by atoms with van der Waals surface area (Å²) in [4.78, 5) is 5.32. The van der Waals surface area contributed by atoms with E-state index in [-0.39, 0.29) is 5.92 Å². The van der Waals surface area contributed by atoms with Crippen molar-refractivity contribution in [3.63, 3.8) is 0 Å². The lowest BCUT2D eigenvalue weighted by molar-refractivity contribution is 0.791. The molecule has 65 heavy (non-hydrogen) atoms. The summed E-state index contributed by atoms with van der Waals surface area (Å²) in [5.74, 6) is 0.148. The van der Waals surface area contributed by atoms with E-state index in [4.69, 9.17) is 4.98 Å². The van der Waals surface area contributed by atoms with Gasteiger partial charge in [-0.15, -0.1) is 0 Å². The predicted octanol–water partition coefficient (Wildman–Crippen LogP) is 16.4. The second-order valence-corrected chi connectivity index (χ2v) is 17.8. The Hall–Kier alpha value is -8.07. The summed E-state index contributed by atoms with van der Waals surface area (Å²) >= 11 is 0. The van der Waals surface area contributed by atoms with Crippen molar-refractivity contribution < 1.29 is 0 Å². The van der Waals surface area contributed by atoms with Gasteiger partial charge in [0.15, 0.2) is 0 Å². The van der Waals surface area contributed by atoms with Crippen LogP contribution >= 0.6 is 0 Å². The van der Waals surface area contributed by atoms with Gasteiger partial charge in [-0.2, -0.15) is 0 Å². The molecule has 2 heteroatoms. The molecule has 0 N–H and O–H groups in total. The van der Waals surface area contributed by atoms with Crippen LogP contribution in [0.3, 0.4) is 0 Å². The average Bonchev–Trinajstić information content (AvgIpc) is 3.69. The molecule has 0 fully saturated rings. The average molecular weight is 829 g/mol. The van der Waals surface area contributed by atoms with Crippen LogP contribution in [0.1, 0.15) is 33.7 Å². The summed E-state index contributed by atoms with van der Waals surface area (Å²) < 4.78 is 2.58. The van der Waals surface area contributed by atoms with Gasteiger partial charge in [0.05, 0.1) is 16.9 Å². The third kappa shape index (κ3) is 6.05. The zero-order valence-electron chi connectivity index (χ0n) is 36.2. The molecule has 0 bridgehead atoms. The number of para-hydroxylation sites is 1. The maximum atomic E-state index is 5.32. The van der Waals surface area contributed by atoms with E-state index in [0.717, 1.165) is 35.5 Å². The van der Waals surface area contributed by atoms with E-state index in [9.17, 15) is 0 Å². The SMILES string of the molecule is Cc1c(-c2ccc(C3Cc4cc5ccccc5cc4-c4c(Cn5c6ccccc6c6ccc7ccccc7c65)cccc43)c3ccccc23)cc(-c2ccccc2)nc1-c1ccccc1. The van der Waals surface area contributed by atoms with Crippen molar-refractivity contribution in [1.29, 1.82) is 0 Å². The first-order valence-corrected chi connectivity index (χ1v) is 22.8. The van der Waals surface area contributed by atoms with Crippen molar-refractivity contribution in [2.75, 3.05) is 0 Å². The Kier molecular flexibility index (Phi) is 8.67. The fourth-order valence-corrected chi connectivity index (χ4v) is 11.2. The number of nitrogens with zero attached hydrogens (tertiary/aromatic N) is 2. The number of fused-ring (bicyclic) bond motifs is 10. The Balaban J connectivity index is 1.02. The molecule has 13 rings (SSSR count). The van der Waals surface area contributed by atoms with Crippen LogP contribution in [0.4, 0.5) is 0 Å². The summed E-state index contributed by atoms with van der Waals surface area (Å²) in [6, 6.07) is 80.8. The Morgan fingerprint density at radius 1 is 0.462 bits per heavy atom. The van der Waals surface area contributed by atoms with Crippen molar-refractivity contribution in [3.05, 3.63) is 246 Å². The van der Waals surface area contributed by atoms with Crippen LogP contribution in [0.25, 0.3) is 98.9 Å². The van der Waals surface area contributed by atoms with E-state index in [1.807, 2.05) is 0 Å². The Morgan fingerprint density at radius 2 is 1.12 bits per heavy atom. The fraction of sp³-hybridized carbons (Fsp3) is 0.0635. The van der Waals surface area contributed by atoms with Crippen LogP contribution in [0, 0.1) is 6.92 Å². The monoisotopic (exact) mass is 828 g/mol. The number of aromatic nitrogens is 2. The maximum Gasteiger partial charge on any atom is 0.0744 e. The molecule has 2 heterocycles. The minimum absolute atomic E-state index is 0.148. The summed E-state index contributed by atoms with van der Waals surface area (Å²) in [6.07, 6.45) is 0.921. The van der Waals surface area contributed by atoms with Gasteiger partial charge in [-0.25, -0.2) is 4.98 Å². The van der Waals surface area contributed by atoms with Crippen molar-refractivity contribution in [2.45, 2.75) is 25.8 Å². The van der Waals surface area contributed by atoms with Crippen molar-refractivity contribution in [3.8, 4) is 44.8 Å². The van der Waals surface area contributed by atoms with Crippen LogP contribution in [-0.4, -0.2) is 9.55 Å². The first kappa shape index (κ1) is 37.5. The normalized spacial score (nSPS) is 13.5. The summed E-state index contributed by atoms with van der Waals surface area (Å²) in [6.45, 7) is 3.00. The minimum Gasteiger partial charge on any atom is -0.335 e. The number of rotatable bonds is 6. The van der Waals surface area contributed by atoms with Crippen molar-refractivity contribution in [2.24, 2.45) is 0 Å². The highest BCUT2D eigenvalue weighted by Crippen LogP contribution is 2.49. The maximum absolute atomic E-state index is 5.32. The molecule has 0 saturated heterocycles. The van der Waals surface area contributed by atoms with Gasteiger partial charge in [-0.05, 0) is 109 Å². The highest BCUT2D eigenvalue weighted by molar-refractivity contribution is 6.17. The first-order chi connectivity index (χ1) is 32.2. The molecule has 306 valence electrons. The summed E-state index contributed by atoms with van der Waals surface area (Å²) in [5, 5.41) is 10.3. The number of hydrogen-bond acceptors (Lipinski definition) is 1. The Morgan fingerprint density at radius 3 is 1.92 bits per heavy atom. The second kappa shape index (κ2) is 15.0. The lowest BCUT2D eigenvalue weighted by Gasteiger charge is -2.32. The fourth-order valence-electron chi connectivity index (χ4n) is 11.2. The van der Waals surface area contributed by atoms with E-state index in [2.05, 4.69) is 230 Å². The second-order valence-electron chi connectivity index (χ2n) is 17.8. The lowest BCUT2D eigenvalue weighted by Crippen LogP contribution is -2.16.